The van der Waals surface area contributed by atoms with E-state index in [2.05, 4.69) is 10.6 Å². The number of amides is 5. The molecule has 2 aliphatic rings. The van der Waals surface area contributed by atoms with Gasteiger partial charge in [0.05, 0.1) is 6.04 Å². The molecule has 0 aliphatic carbocycles. The van der Waals surface area contributed by atoms with Gasteiger partial charge in [-0.2, -0.15) is 0 Å². The van der Waals surface area contributed by atoms with Gasteiger partial charge < -0.3 is 25.3 Å². The van der Waals surface area contributed by atoms with Crippen LogP contribution in [0.25, 0.3) is 0 Å². The van der Waals surface area contributed by atoms with Gasteiger partial charge in [-0.25, -0.2) is 0 Å². The van der Waals surface area contributed by atoms with Crippen LogP contribution in [0.4, 0.5) is 0 Å². The molecule has 5 amide bonds. The third kappa shape index (κ3) is 7.33. The molecule has 2 aliphatic heterocycles. The number of likely N-dealkylation sites (tertiary alicyclic amines) is 2. The van der Waals surface area contributed by atoms with E-state index in [0.717, 1.165) is 6.42 Å². The molecule has 2 N–H and O–H groups in total. The highest BCUT2D eigenvalue weighted by atomic mass is 16.2. The fourth-order valence-electron chi connectivity index (χ4n) is 6.26. The van der Waals surface area contributed by atoms with Crippen molar-refractivity contribution in [3.8, 4) is 0 Å². The van der Waals surface area contributed by atoms with Crippen LogP contribution in [-0.2, 0) is 24.0 Å². The van der Waals surface area contributed by atoms with Crippen LogP contribution in [0.15, 0.2) is 0 Å². The van der Waals surface area contributed by atoms with Gasteiger partial charge in [-0.1, -0.05) is 41.5 Å². The Bertz CT molecular complexity index is 928. The summed E-state index contributed by atoms with van der Waals surface area (Å²) in [6.07, 6.45) is 2.54. The molecule has 11 heteroatoms. The molecule has 228 valence electrons. The van der Waals surface area contributed by atoms with Gasteiger partial charge in [0.15, 0.2) is 0 Å². The molecule has 0 aromatic rings. The van der Waals surface area contributed by atoms with Gasteiger partial charge in [0.1, 0.15) is 24.2 Å². The fourth-order valence-corrected chi connectivity index (χ4v) is 6.26. The quantitative estimate of drug-likeness (QED) is 0.385. The summed E-state index contributed by atoms with van der Waals surface area (Å²) in [6, 6.07) is -3.19. The third-order valence-electron chi connectivity index (χ3n) is 8.24. The van der Waals surface area contributed by atoms with Gasteiger partial charge in [0.25, 0.3) is 0 Å². The SMILES string of the molecule is CNC(=O)[C@@H]1CCCN1C(=O)[C@@H]1CCCN1C(=O)[C@H](C(C)C)N(C)C(=O)[C@@H](NC(=O)[C@H](C(C)C)N(C)C)C(C)C. The van der Waals surface area contributed by atoms with E-state index in [-0.39, 0.29) is 47.3 Å². The topological polar surface area (TPSA) is 122 Å². The number of nitrogens with zero attached hydrogens (tertiary/aromatic N) is 4. The molecule has 0 saturated carbocycles. The van der Waals surface area contributed by atoms with E-state index in [1.807, 2.05) is 60.5 Å². The van der Waals surface area contributed by atoms with Crippen molar-refractivity contribution < 1.29 is 24.0 Å². The van der Waals surface area contributed by atoms with E-state index in [1.165, 1.54) is 4.90 Å². The molecule has 2 heterocycles. The number of hydrogen-bond donors (Lipinski definition) is 2. The molecule has 0 aromatic carbocycles. The first kappa shape index (κ1) is 33.5. The summed E-state index contributed by atoms with van der Waals surface area (Å²) in [5.74, 6) is -1.62. The maximum atomic E-state index is 14.0. The fraction of sp³-hybridized carbons (Fsp3) is 0.828. The molecule has 2 saturated heterocycles. The highest BCUT2D eigenvalue weighted by molar-refractivity contribution is 5.96. The van der Waals surface area contributed by atoms with Crippen molar-refractivity contribution in [2.45, 2.75) is 97.4 Å². The van der Waals surface area contributed by atoms with Gasteiger partial charge in [0.2, 0.25) is 29.5 Å². The molecular weight excluding hydrogens is 512 g/mol. The Morgan fingerprint density at radius 1 is 0.750 bits per heavy atom. The van der Waals surface area contributed by atoms with Crippen molar-refractivity contribution in [3.63, 3.8) is 0 Å². The van der Waals surface area contributed by atoms with Crippen molar-refractivity contribution in [2.75, 3.05) is 41.3 Å². The Morgan fingerprint density at radius 3 is 1.75 bits per heavy atom. The van der Waals surface area contributed by atoms with Crippen LogP contribution < -0.4 is 10.6 Å². The van der Waals surface area contributed by atoms with Crippen LogP contribution in [0.5, 0.6) is 0 Å². The van der Waals surface area contributed by atoms with E-state index < -0.39 is 30.2 Å². The second kappa shape index (κ2) is 14.3. The highest BCUT2D eigenvalue weighted by Crippen LogP contribution is 2.27. The first-order valence-electron chi connectivity index (χ1n) is 14.7. The van der Waals surface area contributed by atoms with E-state index in [0.29, 0.717) is 32.4 Å². The Labute approximate surface area is 240 Å². The second-order valence-corrected chi connectivity index (χ2v) is 12.5. The van der Waals surface area contributed by atoms with Crippen LogP contribution in [0.3, 0.4) is 0 Å². The van der Waals surface area contributed by atoms with Gasteiger partial charge >= 0.3 is 0 Å². The average molecular weight is 565 g/mol. The number of hydrogen-bond acceptors (Lipinski definition) is 6. The maximum absolute atomic E-state index is 14.0. The van der Waals surface area contributed by atoms with Crippen LogP contribution in [0.2, 0.25) is 0 Å². The number of nitrogens with one attached hydrogen (secondary N) is 2. The van der Waals surface area contributed by atoms with Crippen molar-refractivity contribution in [1.82, 2.24) is 30.2 Å². The monoisotopic (exact) mass is 564 g/mol. The van der Waals surface area contributed by atoms with Crippen LogP contribution in [0, 0.1) is 17.8 Å². The standard InChI is InChI=1S/C29H52N6O5/c1-17(2)22(31-26(37)23(18(3)4)32(8)9)28(39)33(10)24(19(5)6)29(40)35-16-12-14-21(35)27(38)34-15-11-13-20(34)25(36)30-7/h17-24H,11-16H2,1-10H3,(H,30,36)(H,31,37)/t20-,21-,22-,23-,24-/m0/s1. The Morgan fingerprint density at radius 2 is 1.27 bits per heavy atom. The average Bonchev–Trinajstić information content (AvgIpc) is 3.55. The molecule has 2 rings (SSSR count). The normalized spacial score (nSPS) is 21.6. The molecule has 0 bridgehead atoms. The summed E-state index contributed by atoms with van der Waals surface area (Å²) in [7, 11) is 6.84. The first-order chi connectivity index (χ1) is 18.6. The Kier molecular flexibility index (Phi) is 12.0. The zero-order valence-corrected chi connectivity index (χ0v) is 26.2. The number of likely N-dealkylation sites (N-methyl/N-ethyl adjacent to an activating group) is 3. The smallest absolute Gasteiger partial charge is 0.246 e. The Balaban J connectivity index is 2.27. The zero-order chi connectivity index (χ0) is 30.5. The maximum Gasteiger partial charge on any atom is 0.246 e. The summed E-state index contributed by atoms with van der Waals surface area (Å²) in [5.41, 5.74) is 0. The number of rotatable bonds is 11. The summed E-state index contributed by atoms with van der Waals surface area (Å²) < 4.78 is 0. The Hall–Kier alpha value is -2.69. The molecule has 0 unspecified atom stereocenters. The molecule has 2 fully saturated rings. The summed E-state index contributed by atoms with van der Waals surface area (Å²) in [5, 5.41) is 5.59. The van der Waals surface area contributed by atoms with Crippen molar-refractivity contribution in [2.24, 2.45) is 17.8 Å². The minimum absolute atomic E-state index is 0.0453. The van der Waals surface area contributed by atoms with Crippen molar-refractivity contribution in [1.29, 1.82) is 0 Å². The predicted molar refractivity (Wildman–Crippen MR) is 154 cm³/mol. The minimum Gasteiger partial charge on any atom is -0.357 e. The largest absolute Gasteiger partial charge is 0.357 e. The lowest BCUT2D eigenvalue weighted by Crippen LogP contribution is -2.61. The second-order valence-electron chi connectivity index (χ2n) is 12.5. The lowest BCUT2D eigenvalue weighted by molar-refractivity contribution is -0.153. The van der Waals surface area contributed by atoms with Crippen molar-refractivity contribution >= 4 is 29.5 Å². The zero-order valence-electron chi connectivity index (χ0n) is 26.2. The lowest BCUT2D eigenvalue weighted by Gasteiger charge is -2.38. The van der Waals surface area contributed by atoms with Crippen molar-refractivity contribution in [3.05, 3.63) is 0 Å². The third-order valence-corrected chi connectivity index (χ3v) is 8.24. The minimum atomic E-state index is -0.804. The van der Waals surface area contributed by atoms with Gasteiger partial charge in [0, 0.05) is 27.2 Å². The predicted octanol–water partition coefficient (Wildman–Crippen LogP) is 0.924. The van der Waals surface area contributed by atoms with Gasteiger partial charge in [-0.3, -0.25) is 28.9 Å². The number of carbonyl (C=O) groups excluding carboxylic acids is 5. The van der Waals surface area contributed by atoms with E-state index in [4.69, 9.17) is 0 Å². The van der Waals surface area contributed by atoms with Crippen LogP contribution in [0.1, 0.15) is 67.2 Å². The highest BCUT2D eigenvalue weighted by Gasteiger charge is 2.45. The van der Waals surface area contributed by atoms with Gasteiger partial charge in [-0.15, -0.1) is 0 Å². The van der Waals surface area contributed by atoms with Gasteiger partial charge in [-0.05, 0) is 57.5 Å². The van der Waals surface area contributed by atoms with E-state index in [1.54, 1.807) is 23.9 Å². The molecular formula is C29H52N6O5. The molecule has 11 nitrogen and oxygen atoms in total. The number of carbonyl (C=O) groups is 5. The van der Waals surface area contributed by atoms with E-state index >= 15 is 0 Å². The summed E-state index contributed by atoms with van der Waals surface area (Å²) >= 11 is 0. The molecule has 5 atom stereocenters. The summed E-state index contributed by atoms with van der Waals surface area (Å²) in [4.78, 5) is 73.5. The summed E-state index contributed by atoms with van der Waals surface area (Å²) in [6.45, 7) is 12.3. The van der Waals surface area contributed by atoms with E-state index in [9.17, 15) is 24.0 Å². The molecule has 0 spiro atoms. The molecule has 0 radical (unpaired) electrons. The molecule has 40 heavy (non-hydrogen) atoms. The first-order valence-corrected chi connectivity index (χ1v) is 14.7. The van der Waals surface area contributed by atoms with Crippen LogP contribution >= 0.6 is 0 Å². The van der Waals surface area contributed by atoms with Crippen LogP contribution in [-0.4, -0.2) is 121 Å². The lowest BCUT2D eigenvalue weighted by atomic mass is 9.96. The molecule has 0 aromatic heterocycles.